The SMILES string of the molecule is CNC(=O)CN1CCCCc2c(OC)cccc21. The van der Waals surface area contributed by atoms with Crippen molar-refractivity contribution >= 4 is 11.6 Å². The molecule has 1 amide bonds. The minimum absolute atomic E-state index is 0.0469. The van der Waals surface area contributed by atoms with Crippen molar-refractivity contribution in [1.29, 1.82) is 0 Å². The standard InChI is InChI=1S/C14H20N2O2/c1-15-14(17)10-16-9-4-3-6-11-12(16)7-5-8-13(11)18-2/h5,7-8H,3-4,6,9-10H2,1-2H3,(H,15,17). The fourth-order valence-corrected chi connectivity index (χ4v) is 2.43. The molecule has 0 aromatic heterocycles. The molecule has 4 nitrogen and oxygen atoms in total. The van der Waals surface area contributed by atoms with Crippen LogP contribution in [-0.2, 0) is 11.2 Å². The molecular weight excluding hydrogens is 228 g/mol. The van der Waals surface area contributed by atoms with Crippen molar-refractivity contribution in [2.45, 2.75) is 19.3 Å². The Morgan fingerprint density at radius 2 is 2.28 bits per heavy atom. The Bertz CT molecular complexity index is 432. The van der Waals surface area contributed by atoms with Crippen LogP contribution in [0.3, 0.4) is 0 Å². The van der Waals surface area contributed by atoms with Gasteiger partial charge >= 0.3 is 0 Å². The van der Waals surface area contributed by atoms with Gasteiger partial charge in [0.15, 0.2) is 0 Å². The van der Waals surface area contributed by atoms with E-state index in [1.807, 2.05) is 12.1 Å². The maximum atomic E-state index is 11.6. The molecule has 0 radical (unpaired) electrons. The van der Waals surface area contributed by atoms with Crippen LogP contribution >= 0.6 is 0 Å². The second-order valence-corrected chi connectivity index (χ2v) is 4.51. The van der Waals surface area contributed by atoms with Crippen LogP contribution in [0.25, 0.3) is 0 Å². The summed E-state index contributed by atoms with van der Waals surface area (Å²) in [5.41, 5.74) is 2.36. The number of anilines is 1. The number of hydrogen-bond acceptors (Lipinski definition) is 3. The van der Waals surface area contributed by atoms with Gasteiger partial charge in [-0.05, 0) is 31.4 Å². The third kappa shape index (κ3) is 2.58. The Kier molecular flexibility index (Phi) is 4.07. The zero-order valence-electron chi connectivity index (χ0n) is 11.0. The molecule has 0 unspecified atom stereocenters. The van der Waals surface area contributed by atoms with Crippen LogP contribution in [0.2, 0.25) is 0 Å². The first-order valence-electron chi connectivity index (χ1n) is 6.37. The van der Waals surface area contributed by atoms with E-state index in [-0.39, 0.29) is 5.91 Å². The number of carbonyl (C=O) groups excluding carboxylic acids is 1. The van der Waals surface area contributed by atoms with Gasteiger partial charge in [0.25, 0.3) is 0 Å². The monoisotopic (exact) mass is 248 g/mol. The normalized spacial score (nSPS) is 14.7. The van der Waals surface area contributed by atoms with Crippen molar-refractivity contribution in [2.75, 3.05) is 32.1 Å². The fourth-order valence-electron chi connectivity index (χ4n) is 2.43. The third-order valence-electron chi connectivity index (χ3n) is 3.39. The van der Waals surface area contributed by atoms with Crippen LogP contribution in [0, 0.1) is 0 Å². The fraction of sp³-hybridized carbons (Fsp3) is 0.500. The van der Waals surface area contributed by atoms with Crippen molar-refractivity contribution in [3.63, 3.8) is 0 Å². The average Bonchev–Trinajstić information content (AvgIpc) is 2.61. The summed E-state index contributed by atoms with van der Waals surface area (Å²) in [5.74, 6) is 0.974. The van der Waals surface area contributed by atoms with E-state index in [4.69, 9.17) is 4.74 Å². The van der Waals surface area contributed by atoms with Gasteiger partial charge in [0.05, 0.1) is 13.7 Å². The van der Waals surface area contributed by atoms with Crippen LogP contribution < -0.4 is 15.0 Å². The van der Waals surface area contributed by atoms with E-state index in [9.17, 15) is 4.79 Å². The smallest absolute Gasteiger partial charge is 0.239 e. The predicted octanol–water partition coefficient (Wildman–Crippen LogP) is 1.58. The minimum atomic E-state index is 0.0469. The number of benzene rings is 1. The van der Waals surface area contributed by atoms with Gasteiger partial charge in [-0.15, -0.1) is 0 Å². The molecule has 98 valence electrons. The van der Waals surface area contributed by atoms with Crippen LogP contribution in [0.4, 0.5) is 5.69 Å². The minimum Gasteiger partial charge on any atom is -0.496 e. The Morgan fingerprint density at radius 3 is 3.00 bits per heavy atom. The molecule has 1 aliphatic heterocycles. The summed E-state index contributed by atoms with van der Waals surface area (Å²) in [6, 6.07) is 6.05. The molecule has 1 heterocycles. The summed E-state index contributed by atoms with van der Waals surface area (Å²) >= 11 is 0. The first-order chi connectivity index (χ1) is 8.76. The lowest BCUT2D eigenvalue weighted by molar-refractivity contribution is -0.119. The van der Waals surface area contributed by atoms with Gasteiger partial charge in [0.1, 0.15) is 5.75 Å². The Morgan fingerprint density at radius 1 is 1.44 bits per heavy atom. The van der Waals surface area contributed by atoms with E-state index in [0.717, 1.165) is 37.2 Å². The van der Waals surface area contributed by atoms with Crippen molar-refractivity contribution < 1.29 is 9.53 Å². The first-order valence-corrected chi connectivity index (χ1v) is 6.37. The number of fused-ring (bicyclic) bond motifs is 1. The van der Waals surface area contributed by atoms with E-state index in [1.165, 1.54) is 5.56 Å². The molecule has 0 bridgehead atoms. The topological polar surface area (TPSA) is 41.6 Å². The largest absolute Gasteiger partial charge is 0.496 e. The van der Waals surface area contributed by atoms with Crippen molar-refractivity contribution in [1.82, 2.24) is 5.32 Å². The quantitative estimate of drug-likeness (QED) is 0.883. The molecule has 0 saturated carbocycles. The average molecular weight is 248 g/mol. The second-order valence-electron chi connectivity index (χ2n) is 4.51. The third-order valence-corrected chi connectivity index (χ3v) is 3.39. The molecular formula is C14H20N2O2. The molecule has 0 saturated heterocycles. The zero-order valence-corrected chi connectivity index (χ0v) is 11.0. The number of likely N-dealkylation sites (N-methyl/N-ethyl adjacent to an activating group) is 1. The van der Waals surface area contributed by atoms with Gasteiger partial charge in [-0.1, -0.05) is 6.07 Å². The Hall–Kier alpha value is -1.71. The summed E-state index contributed by atoms with van der Waals surface area (Å²) in [5, 5.41) is 2.68. The molecule has 1 aliphatic rings. The van der Waals surface area contributed by atoms with E-state index in [2.05, 4.69) is 16.3 Å². The van der Waals surface area contributed by atoms with Gasteiger partial charge in [-0.2, -0.15) is 0 Å². The number of methoxy groups -OCH3 is 1. The molecule has 1 N–H and O–H groups in total. The highest BCUT2D eigenvalue weighted by Crippen LogP contribution is 2.33. The molecule has 18 heavy (non-hydrogen) atoms. The molecule has 0 fully saturated rings. The number of amides is 1. The maximum absolute atomic E-state index is 11.6. The summed E-state index contributed by atoms with van der Waals surface area (Å²) in [7, 11) is 3.37. The summed E-state index contributed by atoms with van der Waals surface area (Å²) in [4.78, 5) is 13.7. The molecule has 0 aliphatic carbocycles. The van der Waals surface area contributed by atoms with Crippen LogP contribution in [0.15, 0.2) is 18.2 Å². The predicted molar refractivity (Wildman–Crippen MR) is 72.2 cm³/mol. The highest BCUT2D eigenvalue weighted by Gasteiger charge is 2.19. The number of nitrogens with zero attached hydrogens (tertiary/aromatic N) is 1. The van der Waals surface area contributed by atoms with E-state index in [0.29, 0.717) is 6.54 Å². The van der Waals surface area contributed by atoms with Crippen LogP contribution in [-0.4, -0.2) is 33.2 Å². The van der Waals surface area contributed by atoms with E-state index in [1.54, 1.807) is 14.2 Å². The lowest BCUT2D eigenvalue weighted by atomic mass is 10.1. The number of ether oxygens (including phenoxy) is 1. The summed E-state index contributed by atoms with van der Waals surface area (Å²) < 4.78 is 5.42. The maximum Gasteiger partial charge on any atom is 0.239 e. The molecule has 2 rings (SSSR count). The highest BCUT2D eigenvalue weighted by atomic mass is 16.5. The molecule has 1 aromatic carbocycles. The number of nitrogens with one attached hydrogen (secondary N) is 1. The summed E-state index contributed by atoms with van der Waals surface area (Å²) in [6.45, 7) is 1.34. The van der Waals surface area contributed by atoms with Gasteiger partial charge in [-0.25, -0.2) is 0 Å². The van der Waals surface area contributed by atoms with Crippen molar-refractivity contribution in [3.8, 4) is 5.75 Å². The summed E-state index contributed by atoms with van der Waals surface area (Å²) in [6.07, 6.45) is 3.26. The van der Waals surface area contributed by atoms with Crippen LogP contribution in [0.1, 0.15) is 18.4 Å². The zero-order chi connectivity index (χ0) is 13.0. The van der Waals surface area contributed by atoms with Crippen molar-refractivity contribution in [3.05, 3.63) is 23.8 Å². The van der Waals surface area contributed by atoms with E-state index >= 15 is 0 Å². The molecule has 4 heteroatoms. The van der Waals surface area contributed by atoms with E-state index < -0.39 is 0 Å². The van der Waals surface area contributed by atoms with Crippen molar-refractivity contribution in [2.24, 2.45) is 0 Å². The van der Waals surface area contributed by atoms with Gasteiger partial charge in [0.2, 0.25) is 5.91 Å². The number of rotatable bonds is 3. The first kappa shape index (κ1) is 12.7. The Labute approximate surface area is 108 Å². The number of hydrogen-bond donors (Lipinski definition) is 1. The highest BCUT2D eigenvalue weighted by molar-refractivity contribution is 5.81. The lowest BCUT2D eigenvalue weighted by Crippen LogP contribution is -2.36. The Balaban J connectivity index is 2.32. The van der Waals surface area contributed by atoms with Gasteiger partial charge < -0.3 is 15.0 Å². The molecule has 0 atom stereocenters. The van der Waals surface area contributed by atoms with Crippen LogP contribution in [0.5, 0.6) is 5.75 Å². The molecule has 0 spiro atoms. The van der Waals surface area contributed by atoms with Gasteiger partial charge in [0, 0.05) is 24.8 Å². The molecule has 1 aromatic rings. The number of carbonyl (C=O) groups is 1. The lowest BCUT2D eigenvalue weighted by Gasteiger charge is -2.24. The van der Waals surface area contributed by atoms with Gasteiger partial charge in [-0.3, -0.25) is 4.79 Å². The second kappa shape index (κ2) is 5.76.